The third-order valence-electron chi connectivity index (χ3n) is 2.36. The highest BCUT2D eigenvalue weighted by Gasteiger charge is 2.11. The first-order valence-electron chi connectivity index (χ1n) is 4.93. The van der Waals surface area contributed by atoms with Crippen LogP contribution in [0.5, 0.6) is 0 Å². The normalized spacial score (nSPS) is 12.9. The average molecular weight is 214 g/mol. The predicted molar refractivity (Wildman–Crippen MR) is 56.5 cm³/mol. The number of benzene rings is 1. The Morgan fingerprint density at radius 2 is 2.07 bits per heavy atom. The van der Waals surface area contributed by atoms with Crippen LogP contribution in [-0.4, -0.2) is 12.6 Å². The van der Waals surface area contributed by atoms with Gasteiger partial charge in [0.2, 0.25) is 0 Å². The van der Waals surface area contributed by atoms with Crippen molar-refractivity contribution in [3.05, 3.63) is 34.9 Å². The minimum atomic E-state index is -0.519. The van der Waals surface area contributed by atoms with Gasteiger partial charge in [0.1, 0.15) is 11.6 Å². The molecule has 0 aliphatic rings. The minimum Gasteiger partial charge on any atom is -0.329 e. The van der Waals surface area contributed by atoms with Crippen LogP contribution >= 0.6 is 0 Å². The minimum absolute atomic E-state index is 0.0457. The van der Waals surface area contributed by atoms with E-state index in [-0.39, 0.29) is 18.2 Å². The lowest BCUT2D eigenvalue weighted by atomic mass is 10.1. The van der Waals surface area contributed by atoms with E-state index in [4.69, 9.17) is 5.73 Å². The van der Waals surface area contributed by atoms with E-state index in [0.29, 0.717) is 12.1 Å². The smallest absolute Gasteiger partial charge is 0.133 e. The molecule has 1 atom stereocenters. The Kier molecular flexibility index (Phi) is 4.17. The SMILES string of the molecule is Cc1ccc(F)c(CN[C@H](C)CN)c1F. The van der Waals surface area contributed by atoms with Crippen LogP contribution in [0.4, 0.5) is 8.78 Å². The van der Waals surface area contributed by atoms with E-state index < -0.39 is 11.6 Å². The second-order valence-electron chi connectivity index (χ2n) is 3.67. The molecule has 0 saturated heterocycles. The van der Waals surface area contributed by atoms with E-state index in [0.717, 1.165) is 0 Å². The highest BCUT2D eigenvalue weighted by molar-refractivity contribution is 5.26. The molecular formula is C11H16F2N2. The second-order valence-corrected chi connectivity index (χ2v) is 3.67. The topological polar surface area (TPSA) is 38.0 Å². The van der Waals surface area contributed by atoms with Crippen LogP contribution in [0.25, 0.3) is 0 Å². The first-order chi connectivity index (χ1) is 7.06. The van der Waals surface area contributed by atoms with Gasteiger partial charge < -0.3 is 11.1 Å². The van der Waals surface area contributed by atoms with E-state index in [9.17, 15) is 8.78 Å². The second kappa shape index (κ2) is 5.19. The zero-order valence-corrected chi connectivity index (χ0v) is 8.98. The van der Waals surface area contributed by atoms with Crippen molar-refractivity contribution in [2.45, 2.75) is 26.4 Å². The van der Waals surface area contributed by atoms with Crippen molar-refractivity contribution in [1.29, 1.82) is 0 Å². The van der Waals surface area contributed by atoms with Crippen LogP contribution < -0.4 is 11.1 Å². The van der Waals surface area contributed by atoms with Crippen molar-refractivity contribution >= 4 is 0 Å². The number of rotatable bonds is 4. The molecule has 0 fully saturated rings. The molecule has 1 aromatic carbocycles. The number of hydrogen-bond donors (Lipinski definition) is 2. The number of nitrogens with two attached hydrogens (primary N) is 1. The maximum absolute atomic E-state index is 13.5. The summed E-state index contributed by atoms with van der Waals surface area (Å²) >= 11 is 0. The first kappa shape index (κ1) is 12.1. The van der Waals surface area contributed by atoms with E-state index in [1.807, 2.05) is 6.92 Å². The van der Waals surface area contributed by atoms with Crippen molar-refractivity contribution < 1.29 is 8.78 Å². The highest BCUT2D eigenvalue weighted by atomic mass is 19.1. The van der Waals surface area contributed by atoms with Crippen LogP contribution in [-0.2, 0) is 6.54 Å². The maximum Gasteiger partial charge on any atom is 0.133 e. The van der Waals surface area contributed by atoms with Gasteiger partial charge in [-0.3, -0.25) is 0 Å². The van der Waals surface area contributed by atoms with Gasteiger partial charge in [-0.25, -0.2) is 8.78 Å². The highest BCUT2D eigenvalue weighted by Crippen LogP contribution is 2.15. The van der Waals surface area contributed by atoms with Gasteiger partial charge in [0.25, 0.3) is 0 Å². The van der Waals surface area contributed by atoms with Gasteiger partial charge in [-0.2, -0.15) is 0 Å². The van der Waals surface area contributed by atoms with Crippen LogP contribution in [0, 0.1) is 18.6 Å². The van der Waals surface area contributed by atoms with Gasteiger partial charge in [0, 0.05) is 24.7 Å². The Balaban J connectivity index is 2.80. The summed E-state index contributed by atoms with van der Waals surface area (Å²) in [6, 6.07) is 2.76. The fourth-order valence-corrected chi connectivity index (χ4v) is 1.24. The molecule has 0 spiro atoms. The fourth-order valence-electron chi connectivity index (χ4n) is 1.24. The van der Waals surface area contributed by atoms with Crippen molar-refractivity contribution in [3.8, 4) is 0 Å². The molecule has 0 aromatic heterocycles. The average Bonchev–Trinajstić information content (AvgIpc) is 2.23. The molecule has 0 bridgehead atoms. The first-order valence-corrected chi connectivity index (χ1v) is 4.93. The van der Waals surface area contributed by atoms with Crippen molar-refractivity contribution in [3.63, 3.8) is 0 Å². The Bertz CT molecular complexity index is 340. The molecule has 0 saturated carbocycles. The van der Waals surface area contributed by atoms with Crippen molar-refractivity contribution in [2.75, 3.05) is 6.54 Å². The Hall–Kier alpha value is -1.00. The molecule has 1 aromatic rings. The summed E-state index contributed by atoms with van der Waals surface area (Å²) in [5.74, 6) is -0.999. The third-order valence-corrected chi connectivity index (χ3v) is 2.36. The summed E-state index contributed by atoms with van der Waals surface area (Å²) in [6.07, 6.45) is 0. The van der Waals surface area contributed by atoms with Crippen LogP contribution in [0.1, 0.15) is 18.1 Å². The monoisotopic (exact) mass is 214 g/mol. The van der Waals surface area contributed by atoms with E-state index in [2.05, 4.69) is 5.32 Å². The van der Waals surface area contributed by atoms with Crippen LogP contribution in [0.3, 0.4) is 0 Å². The Labute approximate surface area is 88.5 Å². The Morgan fingerprint density at radius 1 is 1.40 bits per heavy atom. The number of hydrogen-bond acceptors (Lipinski definition) is 2. The summed E-state index contributed by atoms with van der Waals surface area (Å²) in [5.41, 5.74) is 5.92. The molecular weight excluding hydrogens is 198 g/mol. The number of nitrogens with one attached hydrogen (secondary N) is 1. The molecule has 2 nitrogen and oxygen atoms in total. The molecule has 84 valence electrons. The molecule has 0 radical (unpaired) electrons. The molecule has 0 unspecified atom stereocenters. The fraction of sp³-hybridized carbons (Fsp3) is 0.455. The standard InChI is InChI=1S/C11H16F2N2/c1-7-3-4-10(12)9(11(7)13)6-15-8(2)5-14/h3-4,8,15H,5-6,14H2,1-2H3/t8-/m1/s1. The zero-order chi connectivity index (χ0) is 11.4. The molecule has 4 heteroatoms. The molecule has 15 heavy (non-hydrogen) atoms. The molecule has 3 N–H and O–H groups in total. The third kappa shape index (κ3) is 2.97. The zero-order valence-electron chi connectivity index (χ0n) is 8.98. The van der Waals surface area contributed by atoms with Crippen LogP contribution in [0.15, 0.2) is 12.1 Å². The van der Waals surface area contributed by atoms with Gasteiger partial charge in [0.05, 0.1) is 0 Å². The number of aryl methyl sites for hydroxylation is 1. The van der Waals surface area contributed by atoms with Gasteiger partial charge in [-0.1, -0.05) is 6.07 Å². The Morgan fingerprint density at radius 3 is 2.67 bits per heavy atom. The molecule has 0 heterocycles. The predicted octanol–water partition coefficient (Wildman–Crippen LogP) is 1.71. The summed E-state index contributed by atoms with van der Waals surface area (Å²) in [4.78, 5) is 0. The maximum atomic E-state index is 13.5. The quantitative estimate of drug-likeness (QED) is 0.800. The van der Waals surface area contributed by atoms with Gasteiger partial charge >= 0.3 is 0 Å². The van der Waals surface area contributed by atoms with Gasteiger partial charge in [-0.15, -0.1) is 0 Å². The molecule has 0 amide bonds. The summed E-state index contributed by atoms with van der Waals surface area (Å²) < 4.78 is 26.8. The largest absolute Gasteiger partial charge is 0.329 e. The van der Waals surface area contributed by atoms with E-state index >= 15 is 0 Å². The molecule has 1 rings (SSSR count). The summed E-state index contributed by atoms with van der Waals surface area (Å²) in [5, 5.41) is 2.95. The summed E-state index contributed by atoms with van der Waals surface area (Å²) in [7, 11) is 0. The lowest BCUT2D eigenvalue weighted by Crippen LogP contribution is -2.33. The lowest BCUT2D eigenvalue weighted by Gasteiger charge is -2.13. The van der Waals surface area contributed by atoms with Gasteiger partial charge in [-0.05, 0) is 25.5 Å². The summed E-state index contributed by atoms with van der Waals surface area (Å²) in [6.45, 7) is 4.09. The van der Waals surface area contributed by atoms with Gasteiger partial charge in [0.15, 0.2) is 0 Å². The van der Waals surface area contributed by atoms with E-state index in [1.54, 1.807) is 6.92 Å². The molecule has 0 aliphatic heterocycles. The number of halogens is 2. The van der Waals surface area contributed by atoms with Crippen molar-refractivity contribution in [2.24, 2.45) is 5.73 Å². The van der Waals surface area contributed by atoms with Crippen molar-refractivity contribution in [1.82, 2.24) is 5.32 Å². The lowest BCUT2D eigenvalue weighted by molar-refractivity contribution is 0.500. The van der Waals surface area contributed by atoms with Crippen LogP contribution in [0.2, 0.25) is 0 Å². The molecule has 0 aliphatic carbocycles. The van der Waals surface area contributed by atoms with E-state index in [1.165, 1.54) is 12.1 Å².